The number of anilines is 3. The van der Waals surface area contributed by atoms with Crippen molar-refractivity contribution in [3.05, 3.63) is 175 Å². The molecule has 0 aliphatic heterocycles. The Morgan fingerprint density at radius 2 is 0.667 bits per heavy atom. The van der Waals surface area contributed by atoms with Gasteiger partial charge in [-0.15, -0.1) is 0 Å². The molecule has 0 saturated carbocycles. The van der Waals surface area contributed by atoms with Gasteiger partial charge in [-0.05, 0) is 162 Å². The Labute approximate surface area is 301 Å². The lowest BCUT2D eigenvalue weighted by molar-refractivity contribution is 0.866. The highest BCUT2D eigenvalue weighted by molar-refractivity contribution is 6.13. The maximum Gasteiger partial charge on any atom is 0.0468 e. The molecule has 8 aromatic carbocycles. The molecule has 0 saturated heterocycles. The molecule has 0 unspecified atom stereocenters. The Morgan fingerprint density at radius 3 is 1.08 bits per heavy atom. The number of rotatable bonds is 7. The lowest BCUT2D eigenvalue weighted by Crippen LogP contribution is -2.10. The largest absolute Gasteiger partial charge is 0.310 e. The maximum atomic E-state index is 2.41. The van der Waals surface area contributed by atoms with E-state index >= 15 is 0 Å². The van der Waals surface area contributed by atoms with Crippen molar-refractivity contribution in [3.63, 3.8) is 0 Å². The van der Waals surface area contributed by atoms with E-state index in [1.807, 2.05) is 0 Å². The number of hydrogen-bond acceptors (Lipinski definition) is 1. The lowest BCUT2D eigenvalue weighted by atomic mass is 9.77. The number of nitrogens with zero attached hydrogens (tertiary/aromatic N) is 1. The predicted octanol–water partition coefficient (Wildman–Crippen LogP) is 14.7. The third-order valence-electron chi connectivity index (χ3n) is 10.7. The molecule has 0 aromatic heterocycles. The fraction of sp³-hybridized carbons (Fsp3) is 0.120. The third kappa shape index (κ3) is 5.50. The minimum atomic E-state index is 0.493. The molecule has 0 fully saturated rings. The molecule has 0 bridgehead atoms. The van der Waals surface area contributed by atoms with E-state index in [9.17, 15) is 0 Å². The van der Waals surface area contributed by atoms with Gasteiger partial charge in [0.2, 0.25) is 0 Å². The Balaban J connectivity index is 1.14. The van der Waals surface area contributed by atoms with Gasteiger partial charge in [0.05, 0.1) is 0 Å². The molecule has 1 aliphatic rings. The van der Waals surface area contributed by atoms with Crippen LogP contribution in [0.25, 0.3) is 66.1 Å². The molecule has 51 heavy (non-hydrogen) atoms. The molecular weight excluding hydrogens is 615 g/mol. The van der Waals surface area contributed by atoms with Gasteiger partial charge in [-0.2, -0.15) is 0 Å². The van der Waals surface area contributed by atoms with Crippen molar-refractivity contribution in [2.75, 3.05) is 4.90 Å². The summed E-state index contributed by atoms with van der Waals surface area (Å²) in [6, 6.07) is 61.0. The van der Waals surface area contributed by atoms with Gasteiger partial charge >= 0.3 is 0 Å². The normalized spacial score (nSPS) is 11.9. The van der Waals surface area contributed by atoms with Crippen LogP contribution in [0.1, 0.15) is 50.7 Å². The molecule has 246 valence electrons. The van der Waals surface area contributed by atoms with Crippen LogP contribution in [0.5, 0.6) is 0 Å². The van der Waals surface area contributed by atoms with Gasteiger partial charge in [-0.3, -0.25) is 0 Å². The van der Waals surface area contributed by atoms with Crippen LogP contribution in [0.2, 0.25) is 0 Å². The molecule has 1 aliphatic carbocycles. The third-order valence-corrected chi connectivity index (χ3v) is 10.7. The zero-order valence-corrected chi connectivity index (χ0v) is 29.7. The van der Waals surface area contributed by atoms with Gasteiger partial charge in [-0.25, -0.2) is 0 Å². The molecule has 0 atom stereocenters. The summed E-state index contributed by atoms with van der Waals surface area (Å²) in [4.78, 5) is 2.39. The standard InChI is InChI=1S/C50H41N/c1-32(2)34-15-20-42(21-16-34)51(43-22-17-35(18-23-43)33(3)4)44-24-19-38-26-47-48(29-39(38)25-44)50-31-41-28-46(37-13-9-6-10-14-37)45(27-40(41)30-49(47)50)36-11-7-5-8-12-36/h5-33H,1-4H3. The Kier molecular flexibility index (Phi) is 7.59. The first-order valence-electron chi connectivity index (χ1n) is 18.2. The molecule has 0 N–H and O–H groups in total. The molecule has 0 amide bonds. The fourth-order valence-electron chi connectivity index (χ4n) is 7.78. The van der Waals surface area contributed by atoms with Gasteiger partial charge in [0.1, 0.15) is 0 Å². The van der Waals surface area contributed by atoms with E-state index in [0.717, 1.165) is 5.69 Å². The van der Waals surface area contributed by atoms with Gasteiger partial charge in [0.15, 0.2) is 0 Å². The van der Waals surface area contributed by atoms with Crippen LogP contribution in [-0.4, -0.2) is 0 Å². The summed E-state index contributed by atoms with van der Waals surface area (Å²) in [6.07, 6.45) is 0. The molecule has 9 rings (SSSR count). The van der Waals surface area contributed by atoms with Crippen molar-refractivity contribution in [1.29, 1.82) is 0 Å². The SMILES string of the molecule is CC(C)c1ccc(N(c2ccc(C(C)C)cc2)c2ccc3cc4c(cc3c2)-c2cc3cc(-c5ccccc5)c(-c5ccccc5)cc3cc2-4)cc1. The van der Waals surface area contributed by atoms with Crippen LogP contribution in [0, 0.1) is 0 Å². The van der Waals surface area contributed by atoms with E-state index in [1.165, 1.54) is 88.6 Å². The minimum Gasteiger partial charge on any atom is -0.310 e. The molecule has 0 radical (unpaired) electrons. The first-order chi connectivity index (χ1) is 24.9. The molecule has 0 spiro atoms. The van der Waals surface area contributed by atoms with Crippen LogP contribution >= 0.6 is 0 Å². The molecule has 8 aromatic rings. The summed E-state index contributed by atoms with van der Waals surface area (Å²) >= 11 is 0. The average molecular weight is 656 g/mol. The number of benzene rings is 8. The highest BCUT2D eigenvalue weighted by atomic mass is 15.1. The molecule has 0 heterocycles. The summed E-state index contributed by atoms with van der Waals surface area (Å²) in [5.41, 5.74) is 16.6. The zero-order chi connectivity index (χ0) is 34.6. The first kappa shape index (κ1) is 31.1. The van der Waals surface area contributed by atoms with E-state index in [0.29, 0.717) is 11.8 Å². The monoisotopic (exact) mass is 655 g/mol. The first-order valence-corrected chi connectivity index (χ1v) is 18.2. The fourth-order valence-corrected chi connectivity index (χ4v) is 7.78. The Morgan fingerprint density at radius 1 is 0.314 bits per heavy atom. The average Bonchev–Trinajstić information content (AvgIpc) is 3.17. The van der Waals surface area contributed by atoms with E-state index in [-0.39, 0.29) is 0 Å². The van der Waals surface area contributed by atoms with Crippen molar-refractivity contribution in [1.82, 2.24) is 0 Å². The lowest BCUT2D eigenvalue weighted by Gasteiger charge is -2.28. The van der Waals surface area contributed by atoms with Crippen LogP contribution in [0.3, 0.4) is 0 Å². The second-order valence-corrected chi connectivity index (χ2v) is 14.6. The molecular formula is C50H41N. The molecule has 1 nitrogen and oxygen atoms in total. The quantitative estimate of drug-likeness (QED) is 0.165. The van der Waals surface area contributed by atoms with E-state index < -0.39 is 0 Å². The summed E-state index contributed by atoms with van der Waals surface area (Å²) in [6.45, 7) is 9.01. The van der Waals surface area contributed by atoms with Gasteiger partial charge in [0.25, 0.3) is 0 Å². The predicted molar refractivity (Wildman–Crippen MR) is 220 cm³/mol. The smallest absolute Gasteiger partial charge is 0.0468 e. The summed E-state index contributed by atoms with van der Waals surface area (Å²) < 4.78 is 0. The Bertz CT molecular complexity index is 2490. The minimum absolute atomic E-state index is 0.493. The van der Waals surface area contributed by atoms with Crippen LogP contribution in [-0.2, 0) is 0 Å². The number of hydrogen-bond donors (Lipinski definition) is 0. The van der Waals surface area contributed by atoms with Crippen LogP contribution in [0.4, 0.5) is 17.1 Å². The maximum absolute atomic E-state index is 2.41. The van der Waals surface area contributed by atoms with Crippen molar-refractivity contribution in [3.8, 4) is 44.5 Å². The highest BCUT2D eigenvalue weighted by Gasteiger charge is 2.25. The zero-order valence-electron chi connectivity index (χ0n) is 29.7. The van der Waals surface area contributed by atoms with E-state index in [2.05, 4.69) is 196 Å². The highest BCUT2D eigenvalue weighted by Crippen LogP contribution is 2.51. The molecule has 1 heteroatoms. The summed E-state index contributed by atoms with van der Waals surface area (Å²) in [5.74, 6) is 0.986. The summed E-state index contributed by atoms with van der Waals surface area (Å²) in [5, 5.41) is 5.06. The van der Waals surface area contributed by atoms with E-state index in [4.69, 9.17) is 0 Å². The summed E-state index contributed by atoms with van der Waals surface area (Å²) in [7, 11) is 0. The topological polar surface area (TPSA) is 3.24 Å². The van der Waals surface area contributed by atoms with Gasteiger partial charge < -0.3 is 4.90 Å². The van der Waals surface area contributed by atoms with Gasteiger partial charge in [0, 0.05) is 17.1 Å². The van der Waals surface area contributed by atoms with Crippen LogP contribution in [0.15, 0.2) is 164 Å². The van der Waals surface area contributed by atoms with Crippen LogP contribution < -0.4 is 4.90 Å². The van der Waals surface area contributed by atoms with E-state index in [1.54, 1.807) is 0 Å². The van der Waals surface area contributed by atoms with Crippen molar-refractivity contribution in [2.24, 2.45) is 0 Å². The van der Waals surface area contributed by atoms with Gasteiger partial charge in [-0.1, -0.05) is 119 Å². The second-order valence-electron chi connectivity index (χ2n) is 14.6. The van der Waals surface area contributed by atoms with Crippen molar-refractivity contribution < 1.29 is 0 Å². The van der Waals surface area contributed by atoms with Crippen molar-refractivity contribution in [2.45, 2.75) is 39.5 Å². The van der Waals surface area contributed by atoms with Crippen molar-refractivity contribution >= 4 is 38.6 Å². The Hall–Kier alpha value is -5.92. The number of fused-ring (bicyclic) bond motifs is 6. The second kappa shape index (κ2) is 12.4.